The monoisotopic (exact) mass is 353 g/mol. The fourth-order valence-corrected chi connectivity index (χ4v) is 2.33. The molecule has 3 N–H and O–H groups in total. The standard InChI is InChI=1S/C20H23N3O3/c1-3-18(24)23-17-11-9-15(10-12-17)14(2)22-19(25)13-21-20(26)16-7-5-4-6-8-16/h4-12,14H,3,13H2,1-2H3,(H,21,26)(H,22,25)(H,23,24). The van der Waals surface area contributed by atoms with Gasteiger partial charge in [0.1, 0.15) is 0 Å². The van der Waals surface area contributed by atoms with Crippen LogP contribution in [0.3, 0.4) is 0 Å². The lowest BCUT2D eigenvalue weighted by atomic mass is 10.1. The largest absolute Gasteiger partial charge is 0.348 e. The first kappa shape index (κ1) is 19.2. The molecule has 0 fully saturated rings. The first-order valence-corrected chi connectivity index (χ1v) is 8.52. The second-order valence-corrected chi connectivity index (χ2v) is 5.86. The Morgan fingerprint density at radius 3 is 2.19 bits per heavy atom. The summed E-state index contributed by atoms with van der Waals surface area (Å²) in [5.74, 6) is -0.608. The number of nitrogens with one attached hydrogen (secondary N) is 3. The van der Waals surface area contributed by atoms with Crippen LogP contribution in [0.4, 0.5) is 5.69 Å². The summed E-state index contributed by atoms with van der Waals surface area (Å²) in [6, 6.07) is 15.8. The highest BCUT2D eigenvalue weighted by Gasteiger charge is 2.11. The van der Waals surface area contributed by atoms with Crippen molar-refractivity contribution in [3.63, 3.8) is 0 Å². The summed E-state index contributed by atoms with van der Waals surface area (Å²) in [5.41, 5.74) is 2.13. The molecule has 0 radical (unpaired) electrons. The third-order valence-corrected chi connectivity index (χ3v) is 3.84. The van der Waals surface area contributed by atoms with E-state index >= 15 is 0 Å². The van der Waals surface area contributed by atoms with Crippen LogP contribution in [0, 0.1) is 0 Å². The van der Waals surface area contributed by atoms with Gasteiger partial charge in [0.15, 0.2) is 0 Å². The van der Waals surface area contributed by atoms with Crippen molar-refractivity contribution in [1.29, 1.82) is 0 Å². The molecule has 0 aliphatic carbocycles. The van der Waals surface area contributed by atoms with E-state index in [4.69, 9.17) is 0 Å². The van der Waals surface area contributed by atoms with Crippen LogP contribution in [0.2, 0.25) is 0 Å². The number of rotatable bonds is 7. The zero-order chi connectivity index (χ0) is 18.9. The Kier molecular flexibility index (Phi) is 6.91. The molecule has 1 unspecified atom stereocenters. The molecule has 2 aromatic carbocycles. The van der Waals surface area contributed by atoms with Crippen molar-refractivity contribution in [3.8, 4) is 0 Å². The van der Waals surface area contributed by atoms with E-state index in [2.05, 4.69) is 16.0 Å². The molecule has 0 heterocycles. The van der Waals surface area contributed by atoms with Gasteiger partial charge >= 0.3 is 0 Å². The predicted octanol–water partition coefficient (Wildman–Crippen LogP) is 2.64. The fraction of sp³-hybridized carbons (Fsp3) is 0.250. The van der Waals surface area contributed by atoms with E-state index in [0.29, 0.717) is 17.7 Å². The number of hydrogen-bond donors (Lipinski definition) is 3. The minimum absolute atomic E-state index is 0.0479. The van der Waals surface area contributed by atoms with Crippen molar-refractivity contribution in [1.82, 2.24) is 10.6 Å². The first-order valence-electron chi connectivity index (χ1n) is 8.52. The van der Waals surface area contributed by atoms with Crippen LogP contribution in [0.25, 0.3) is 0 Å². The van der Waals surface area contributed by atoms with Crippen molar-refractivity contribution in [2.75, 3.05) is 11.9 Å². The summed E-state index contributed by atoms with van der Waals surface area (Å²) >= 11 is 0. The van der Waals surface area contributed by atoms with Crippen LogP contribution < -0.4 is 16.0 Å². The fourth-order valence-electron chi connectivity index (χ4n) is 2.33. The summed E-state index contributed by atoms with van der Waals surface area (Å²) in [4.78, 5) is 35.3. The second kappa shape index (κ2) is 9.36. The number of carbonyl (C=O) groups excluding carboxylic acids is 3. The molecular weight excluding hydrogens is 330 g/mol. The Hall–Kier alpha value is -3.15. The molecule has 0 spiro atoms. The van der Waals surface area contributed by atoms with E-state index in [0.717, 1.165) is 5.56 Å². The van der Waals surface area contributed by atoms with E-state index in [9.17, 15) is 14.4 Å². The molecule has 1 atom stereocenters. The number of amides is 3. The number of benzene rings is 2. The smallest absolute Gasteiger partial charge is 0.251 e. The Balaban J connectivity index is 1.83. The van der Waals surface area contributed by atoms with Crippen LogP contribution in [0.15, 0.2) is 54.6 Å². The number of carbonyl (C=O) groups is 3. The quantitative estimate of drug-likeness (QED) is 0.715. The molecule has 6 nitrogen and oxygen atoms in total. The van der Waals surface area contributed by atoms with Gasteiger partial charge in [0.05, 0.1) is 12.6 Å². The maximum Gasteiger partial charge on any atom is 0.251 e. The highest BCUT2D eigenvalue weighted by atomic mass is 16.2. The summed E-state index contributed by atoms with van der Waals surface area (Å²) < 4.78 is 0. The van der Waals surface area contributed by atoms with Gasteiger partial charge in [-0.15, -0.1) is 0 Å². The van der Waals surface area contributed by atoms with Crippen molar-refractivity contribution >= 4 is 23.4 Å². The van der Waals surface area contributed by atoms with Gasteiger partial charge in [0.2, 0.25) is 11.8 Å². The Labute approximate surface area is 153 Å². The molecule has 0 saturated heterocycles. The van der Waals surface area contributed by atoms with Gasteiger partial charge in [0.25, 0.3) is 5.91 Å². The zero-order valence-electron chi connectivity index (χ0n) is 14.9. The Bertz CT molecular complexity index is 758. The summed E-state index contributed by atoms with van der Waals surface area (Å²) in [6.45, 7) is 3.55. The summed E-state index contributed by atoms with van der Waals surface area (Å²) in [6.07, 6.45) is 0.420. The molecule has 2 rings (SSSR count). The summed E-state index contributed by atoms with van der Waals surface area (Å²) in [7, 11) is 0. The van der Waals surface area contributed by atoms with Gasteiger partial charge in [-0.3, -0.25) is 14.4 Å². The van der Waals surface area contributed by atoms with E-state index in [1.54, 1.807) is 43.3 Å². The molecular formula is C20H23N3O3. The Morgan fingerprint density at radius 2 is 1.58 bits per heavy atom. The van der Waals surface area contributed by atoms with Gasteiger partial charge in [-0.1, -0.05) is 37.3 Å². The highest BCUT2D eigenvalue weighted by Crippen LogP contribution is 2.16. The molecule has 0 bridgehead atoms. The van der Waals surface area contributed by atoms with E-state index < -0.39 is 0 Å². The lowest BCUT2D eigenvalue weighted by molar-refractivity contribution is -0.120. The Morgan fingerprint density at radius 1 is 0.923 bits per heavy atom. The molecule has 0 saturated carbocycles. The topological polar surface area (TPSA) is 87.3 Å². The van der Waals surface area contributed by atoms with E-state index in [-0.39, 0.29) is 30.3 Å². The van der Waals surface area contributed by atoms with E-state index in [1.807, 2.05) is 25.1 Å². The average molecular weight is 353 g/mol. The third kappa shape index (κ3) is 5.73. The van der Waals surface area contributed by atoms with E-state index in [1.165, 1.54) is 0 Å². The van der Waals surface area contributed by atoms with Crippen molar-refractivity contribution in [2.45, 2.75) is 26.3 Å². The minimum Gasteiger partial charge on any atom is -0.348 e. The van der Waals surface area contributed by atoms with Gasteiger partial charge in [-0.25, -0.2) is 0 Å². The molecule has 6 heteroatoms. The lowest BCUT2D eigenvalue weighted by Gasteiger charge is -2.15. The maximum atomic E-state index is 12.0. The van der Waals surface area contributed by atoms with Crippen molar-refractivity contribution < 1.29 is 14.4 Å². The zero-order valence-corrected chi connectivity index (χ0v) is 14.9. The van der Waals surface area contributed by atoms with Gasteiger partial charge < -0.3 is 16.0 Å². The summed E-state index contributed by atoms with van der Waals surface area (Å²) in [5, 5.41) is 8.20. The van der Waals surface area contributed by atoms with Crippen LogP contribution in [0.1, 0.15) is 42.2 Å². The molecule has 136 valence electrons. The lowest BCUT2D eigenvalue weighted by Crippen LogP contribution is -2.38. The third-order valence-electron chi connectivity index (χ3n) is 3.84. The highest BCUT2D eigenvalue weighted by molar-refractivity contribution is 5.96. The molecule has 0 aromatic heterocycles. The van der Waals surface area contributed by atoms with Crippen LogP contribution in [0.5, 0.6) is 0 Å². The van der Waals surface area contributed by atoms with Crippen molar-refractivity contribution in [2.24, 2.45) is 0 Å². The SMILES string of the molecule is CCC(=O)Nc1ccc(C(C)NC(=O)CNC(=O)c2ccccc2)cc1. The van der Waals surface area contributed by atoms with Crippen LogP contribution >= 0.6 is 0 Å². The minimum atomic E-state index is -0.288. The molecule has 2 aromatic rings. The number of hydrogen-bond acceptors (Lipinski definition) is 3. The predicted molar refractivity (Wildman–Crippen MR) is 101 cm³/mol. The molecule has 26 heavy (non-hydrogen) atoms. The first-order chi connectivity index (χ1) is 12.5. The van der Waals surface area contributed by atoms with Crippen LogP contribution in [-0.2, 0) is 9.59 Å². The average Bonchev–Trinajstić information content (AvgIpc) is 2.67. The molecule has 0 aliphatic rings. The normalized spacial score (nSPS) is 11.3. The second-order valence-electron chi connectivity index (χ2n) is 5.86. The van der Waals surface area contributed by atoms with Crippen molar-refractivity contribution in [3.05, 3.63) is 65.7 Å². The number of anilines is 1. The molecule has 0 aliphatic heterocycles. The molecule has 3 amide bonds. The van der Waals surface area contributed by atoms with Gasteiger partial charge in [0, 0.05) is 17.7 Å². The van der Waals surface area contributed by atoms with Gasteiger partial charge in [-0.2, -0.15) is 0 Å². The van der Waals surface area contributed by atoms with Crippen LogP contribution in [-0.4, -0.2) is 24.3 Å². The maximum absolute atomic E-state index is 12.0. The van der Waals surface area contributed by atoms with Gasteiger partial charge in [-0.05, 0) is 36.8 Å².